The first-order valence-electron chi connectivity index (χ1n) is 45.1. The quantitative estimate of drug-likeness (QED) is 0.0333. The maximum absolute atomic E-state index is 2.40. The highest BCUT2D eigenvalue weighted by molar-refractivity contribution is 7.31. The normalized spacial score (nSPS) is 12.6. The average molecular weight is 1430 g/mol. The molecule has 0 bridgehead atoms. The zero-order valence-corrected chi connectivity index (χ0v) is 70.2. The van der Waals surface area contributed by atoms with Crippen LogP contribution in [0.25, 0.3) is 80.7 Å². The molecule has 4 heteroatoms. The molecule has 0 N–H and O–H groups in total. The fourth-order valence-corrected chi connectivity index (χ4v) is 24.7. The Morgan fingerprint density at radius 2 is 0.210 bits per heavy atom. The van der Waals surface area contributed by atoms with Crippen LogP contribution in [0.15, 0.2) is 0 Å². The van der Waals surface area contributed by atoms with Gasteiger partial charge in [0.1, 0.15) is 0 Å². The van der Waals surface area contributed by atoms with E-state index in [1.54, 1.807) is 80.7 Å². The van der Waals surface area contributed by atoms with Crippen molar-refractivity contribution in [2.45, 2.75) is 466 Å². The third-order valence-electron chi connectivity index (χ3n) is 24.5. The smallest absolute Gasteiger partial charge is 0.0397 e. The van der Waals surface area contributed by atoms with Gasteiger partial charge in [0.25, 0.3) is 0 Å². The van der Waals surface area contributed by atoms with Crippen LogP contribution < -0.4 is 0 Å². The van der Waals surface area contributed by atoms with E-state index in [1.807, 2.05) is 44.5 Å². The highest BCUT2D eigenvalue weighted by Gasteiger charge is 2.35. The Hall–Kier alpha value is -2.24. The van der Waals surface area contributed by atoms with Crippen LogP contribution >= 0.6 is 45.3 Å². The van der Waals surface area contributed by atoms with E-state index in [0.717, 1.165) is 0 Å². The van der Waals surface area contributed by atoms with E-state index < -0.39 is 0 Å². The van der Waals surface area contributed by atoms with Gasteiger partial charge in [-0.15, -0.1) is 45.3 Å². The summed E-state index contributed by atoms with van der Waals surface area (Å²) < 4.78 is 14.1. The minimum atomic E-state index is 1.26. The summed E-state index contributed by atoms with van der Waals surface area (Å²) in [5.41, 5.74) is 14.7. The van der Waals surface area contributed by atoms with Crippen LogP contribution in [0, 0.1) is 0 Å². The monoisotopic (exact) mass is 1430 g/mol. The minimum Gasteiger partial charge on any atom is -0.135 e. The summed E-state index contributed by atoms with van der Waals surface area (Å²) in [6.45, 7) is 19.2. The predicted molar refractivity (Wildman–Crippen MR) is 465 cm³/mol. The fraction of sp³-hybridized carbons (Fsp3) is 0.750. The second kappa shape index (κ2) is 46.8. The molecule has 4 aromatic heterocycles. The van der Waals surface area contributed by atoms with Gasteiger partial charge in [-0.25, -0.2) is 0 Å². The van der Waals surface area contributed by atoms with Crippen LogP contribution in [0.1, 0.15) is 459 Å². The van der Waals surface area contributed by atoms with Crippen LogP contribution in [-0.4, -0.2) is 0 Å². The fourth-order valence-electron chi connectivity index (χ4n) is 18.6. The van der Waals surface area contributed by atoms with E-state index >= 15 is 0 Å². The van der Waals surface area contributed by atoms with Gasteiger partial charge in [0.05, 0.1) is 0 Å². The number of hydrogen-bond donors (Lipinski definition) is 0. The Kier molecular flexibility index (Phi) is 38.3. The lowest BCUT2D eigenvalue weighted by atomic mass is 9.84. The minimum absolute atomic E-state index is 1.26. The molecule has 4 heterocycles. The lowest BCUT2D eigenvalue weighted by molar-refractivity contribution is 0.584. The van der Waals surface area contributed by atoms with E-state index in [4.69, 9.17) is 0 Å². The van der Waals surface area contributed by atoms with Crippen molar-refractivity contribution in [1.82, 2.24) is 0 Å². The molecule has 0 radical (unpaired) electrons. The molecule has 0 aliphatic carbocycles. The molecular formula is C96H152S4. The van der Waals surface area contributed by atoms with Crippen LogP contribution in [-0.2, 0) is 51.4 Å². The van der Waals surface area contributed by atoms with Gasteiger partial charge in [-0.3, -0.25) is 0 Å². The molecule has 0 saturated carbocycles. The zero-order chi connectivity index (χ0) is 69.9. The average Bonchev–Trinajstić information content (AvgIpc) is 1.49. The van der Waals surface area contributed by atoms with Gasteiger partial charge in [0.2, 0.25) is 0 Å². The Bertz CT molecular complexity index is 2870. The summed E-state index contributed by atoms with van der Waals surface area (Å²) in [4.78, 5) is 0. The number of benzene rings is 4. The van der Waals surface area contributed by atoms with E-state index in [0.29, 0.717) is 0 Å². The molecule has 0 atom stereocenters. The van der Waals surface area contributed by atoms with Gasteiger partial charge in [-0.2, -0.15) is 0 Å². The highest BCUT2D eigenvalue weighted by Crippen LogP contribution is 2.62. The summed E-state index contributed by atoms with van der Waals surface area (Å²) in [5.74, 6) is 0. The van der Waals surface area contributed by atoms with Crippen LogP contribution in [0.2, 0.25) is 0 Å². The molecule has 9 aromatic rings. The van der Waals surface area contributed by atoms with E-state index in [9.17, 15) is 0 Å². The summed E-state index contributed by atoms with van der Waals surface area (Å²) in [7, 11) is 0. The summed E-state index contributed by atoms with van der Waals surface area (Å²) in [5, 5.41) is 14.1. The molecule has 0 unspecified atom stereocenters. The van der Waals surface area contributed by atoms with Crippen molar-refractivity contribution >= 4 is 126 Å². The molecule has 0 aliphatic heterocycles. The van der Waals surface area contributed by atoms with E-state index in [1.165, 1.54) is 411 Å². The molecular weight excluding hydrogens is 1280 g/mol. The van der Waals surface area contributed by atoms with Crippen molar-refractivity contribution in [2.24, 2.45) is 0 Å². The summed E-state index contributed by atoms with van der Waals surface area (Å²) >= 11 is 9.60. The largest absolute Gasteiger partial charge is 0.135 e. The second-order valence-corrected chi connectivity index (χ2v) is 36.9. The van der Waals surface area contributed by atoms with Gasteiger partial charge in [0, 0.05) is 80.7 Å². The molecule has 0 amide bonds. The summed E-state index contributed by atoms with van der Waals surface area (Å²) in [6, 6.07) is 0. The Labute approximate surface area is 632 Å². The highest BCUT2D eigenvalue weighted by atomic mass is 32.1. The van der Waals surface area contributed by atoms with Crippen molar-refractivity contribution in [3.63, 3.8) is 0 Å². The van der Waals surface area contributed by atoms with Crippen molar-refractivity contribution in [3.05, 3.63) is 44.5 Å². The van der Waals surface area contributed by atoms with E-state index in [2.05, 4.69) is 101 Å². The third-order valence-corrected chi connectivity index (χ3v) is 29.8. The maximum Gasteiger partial charge on any atom is 0.0397 e. The Balaban J connectivity index is 1.40. The van der Waals surface area contributed by atoms with Crippen LogP contribution in [0.4, 0.5) is 0 Å². The molecule has 0 spiro atoms. The van der Waals surface area contributed by atoms with Gasteiger partial charge in [0.15, 0.2) is 0 Å². The molecule has 560 valence electrons. The molecule has 0 fully saturated rings. The lowest BCUT2D eigenvalue weighted by Crippen LogP contribution is -2.00. The van der Waals surface area contributed by atoms with Gasteiger partial charge < -0.3 is 0 Å². The number of hydrogen-bond acceptors (Lipinski definition) is 4. The first kappa shape index (κ1) is 81.8. The third kappa shape index (κ3) is 22.0. The molecule has 0 saturated heterocycles. The van der Waals surface area contributed by atoms with Gasteiger partial charge >= 0.3 is 0 Å². The number of unbranched alkanes of at least 4 members (excludes halogenated alkanes) is 48. The van der Waals surface area contributed by atoms with E-state index in [-0.39, 0.29) is 0 Å². The molecule has 100 heavy (non-hydrogen) atoms. The first-order valence-corrected chi connectivity index (χ1v) is 48.4. The molecule has 5 aromatic carbocycles. The van der Waals surface area contributed by atoms with Crippen LogP contribution in [0.5, 0.6) is 0 Å². The number of thiophene rings is 4. The molecule has 0 nitrogen and oxygen atoms in total. The number of aryl methyl sites for hydroxylation is 8. The lowest BCUT2D eigenvalue weighted by Gasteiger charge is -2.18. The molecule has 9 rings (SSSR count). The maximum atomic E-state index is 2.40. The standard InChI is InChI=1S/C96H152S4/c1-9-17-25-33-41-49-57-65-73-74(66-58-50-42-34-26-18-10-2)90-82-81-83-85-87-88-86-84(82)92(98-90)77(69-61-53-45-37-29-21-13-5)78(70-62-54-46-38-30-22-14-6)94(86)100-96(88)80(72-64-56-48-40-32-24-16-8)79(71-63-55-47-39-31-23-15-7)95(87)99-93(85)76(68-60-52-44-36-28-20-12-4)75(91(83)97-89(73)81)67-59-51-43-35-27-19-11-3/h9-72H2,1-8H3. The van der Waals surface area contributed by atoms with Gasteiger partial charge in [-0.1, -0.05) is 364 Å². The Morgan fingerprint density at radius 3 is 0.310 bits per heavy atom. The van der Waals surface area contributed by atoms with Crippen molar-refractivity contribution < 1.29 is 0 Å². The van der Waals surface area contributed by atoms with Crippen molar-refractivity contribution in [1.29, 1.82) is 0 Å². The molecule has 0 aliphatic rings. The number of rotatable bonds is 64. The SMILES string of the molecule is CCCCCCCCCc1c(CCCCCCCCC)c2sc3c(CCCCCCCCC)c(CCCCCCCCC)c4sc5c(CCCCCCCCC)c(CCCCCCCCC)c6sc7c(CCCCCCCCC)c(CCCCCCCCC)c8sc1c1c8c7c6c5c4c3c21. The van der Waals surface area contributed by atoms with Crippen molar-refractivity contribution in [3.8, 4) is 0 Å². The second-order valence-electron chi connectivity index (χ2n) is 32.8. The first-order chi connectivity index (χ1) is 49.5. The Morgan fingerprint density at radius 1 is 0.120 bits per heavy atom. The van der Waals surface area contributed by atoms with Gasteiger partial charge in [-0.05, 0) is 147 Å². The van der Waals surface area contributed by atoms with Crippen LogP contribution in [0.3, 0.4) is 0 Å². The van der Waals surface area contributed by atoms with Crippen molar-refractivity contribution in [2.75, 3.05) is 0 Å². The zero-order valence-electron chi connectivity index (χ0n) is 66.9. The summed E-state index contributed by atoms with van der Waals surface area (Å²) in [6.07, 6.45) is 87.6. The predicted octanol–water partition coefficient (Wildman–Crippen LogP) is 35.8. The topological polar surface area (TPSA) is 0 Å².